The fraction of sp³-hybridized carbons (Fsp3) is 0.0282. The molecule has 2 aliphatic rings. The first-order chi connectivity index (χ1) is 37.6. The van der Waals surface area contributed by atoms with Crippen molar-refractivity contribution in [2.45, 2.75) is 10.8 Å². The molecule has 0 atom stereocenters. The third-order valence-electron chi connectivity index (χ3n) is 15.3. The van der Waals surface area contributed by atoms with Crippen molar-refractivity contribution in [1.82, 2.24) is 0 Å². The molecule has 0 aliphatic carbocycles. The highest BCUT2D eigenvalue weighted by Crippen LogP contribution is 2.59. The summed E-state index contributed by atoms with van der Waals surface area (Å²) in [5.41, 5.74) is 16.8. The Morgan fingerprint density at radius 2 is 0.579 bits per heavy atom. The van der Waals surface area contributed by atoms with E-state index in [2.05, 4.69) is 252 Å². The minimum atomic E-state index is -0.617. The van der Waals surface area contributed by atoms with Crippen molar-refractivity contribution in [1.29, 1.82) is 10.8 Å². The fourth-order valence-corrected chi connectivity index (χ4v) is 12.1. The number of fused-ring (bicyclic) bond motifs is 4. The molecule has 0 bridgehead atoms. The molecule has 0 saturated heterocycles. The van der Waals surface area contributed by atoms with Gasteiger partial charge in [-0.25, -0.2) is 4.99 Å². The maximum Gasteiger partial charge on any atom is 0.152 e. The lowest BCUT2D eigenvalue weighted by molar-refractivity contribution is 0.731. The highest BCUT2D eigenvalue weighted by atomic mass is 15.2. The standard InChI is InChI=1S/C71H51N5/c72-67(51-28-24-38-57(48-51)75-63-44-20-16-40-59(63)70(53-30-8-2-9-31-53,54-32-10-3-11-33-54)60-41-17-21-45-64(60)75)68(74-69(73)50-26-6-1-7-27-50)52-29-25-39-58(49-52)76-65-46-22-18-42-61(65)71(55-34-12-4-13-35-55,56-36-14-5-15-37-56)62-43-19-23-47-66(62)76/h1-49,72-73H. The first kappa shape index (κ1) is 45.9. The lowest BCUT2D eigenvalue weighted by atomic mass is 9.62. The van der Waals surface area contributed by atoms with Crippen LogP contribution < -0.4 is 9.80 Å². The third-order valence-corrected chi connectivity index (χ3v) is 15.3. The summed E-state index contributed by atoms with van der Waals surface area (Å²) >= 11 is 0. The van der Waals surface area contributed by atoms with E-state index in [1.165, 1.54) is 22.3 Å². The number of aliphatic imine (C=N–C) groups is 1. The van der Waals surface area contributed by atoms with Crippen LogP contribution in [0.4, 0.5) is 34.1 Å². The van der Waals surface area contributed by atoms with Crippen molar-refractivity contribution in [2.24, 2.45) is 4.99 Å². The molecule has 2 N–H and O–H groups in total. The minimum Gasteiger partial charge on any atom is -0.310 e. The number of nitrogens with one attached hydrogen (secondary N) is 2. The van der Waals surface area contributed by atoms with Gasteiger partial charge in [-0.2, -0.15) is 0 Å². The lowest BCUT2D eigenvalue weighted by Crippen LogP contribution is -2.37. The van der Waals surface area contributed by atoms with E-state index in [1.807, 2.05) is 54.6 Å². The molecule has 5 nitrogen and oxygen atoms in total. The number of hydrogen-bond donors (Lipinski definition) is 2. The van der Waals surface area contributed by atoms with E-state index >= 15 is 0 Å². The van der Waals surface area contributed by atoms with Gasteiger partial charge < -0.3 is 9.80 Å². The molecule has 0 spiro atoms. The summed E-state index contributed by atoms with van der Waals surface area (Å²) < 4.78 is 0. The summed E-state index contributed by atoms with van der Waals surface area (Å²) in [6, 6.07) is 104. The van der Waals surface area contributed by atoms with Gasteiger partial charge in [-0.1, -0.05) is 249 Å². The molecule has 0 saturated carbocycles. The molecule has 0 amide bonds. The topological polar surface area (TPSA) is 66.5 Å². The van der Waals surface area contributed by atoms with E-state index in [4.69, 9.17) is 4.99 Å². The van der Waals surface area contributed by atoms with E-state index in [1.54, 1.807) is 0 Å². The number of rotatable bonds is 10. The highest BCUT2D eigenvalue weighted by molar-refractivity contribution is 6.54. The zero-order valence-electron chi connectivity index (χ0n) is 41.6. The maximum absolute atomic E-state index is 10.3. The number of benzene rings is 11. The zero-order valence-corrected chi connectivity index (χ0v) is 41.6. The van der Waals surface area contributed by atoms with Crippen LogP contribution in [0.3, 0.4) is 0 Å². The second kappa shape index (κ2) is 19.1. The predicted octanol–water partition coefficient (Wildman–Crippen LogP) is 16.9. The fourth-order valence-electron chi connectivity index (χ4n) is 12.1. The van der Waals surface area contributed by atoms with Crippen LogP contribution in [0.1, 0.15) is 61.2 Å². The van der Waals surface area contributed by atoms with E-state index in [0.29, 0.717) is 16.8 Å². The molecule has 11 aromatic rings. The van der Waals surface area contributed by atoms with E-state index in [9.17, 15) is 10.8 Å². The van der Waals surface area contributed by atoms with Crippen LogP contribution in [0, 0.1) is 10.8 Å². The number of hydrogen-bond acceptors (Lipinski definition) is 4. The molecule has 360 valence electrons. The molecular formula is C71H51N5. The largest absolute Gasteiger partial charge is 0.310 e. The molecule has 13 rings (SSSR count). The number of anilines is 6. The maximum atomic E-state index is 10.3. The van der Waals surface area contributed by atoms with Gasteiger partial charge in [0, 0.05) is 28.1 Å². The second-order valence-corrected chi connectivity index (χ2v) is 19.4. The number of para-hydroxylation sites is 4. The molecule has 0 radical (unpaired) electrons. The highest BCUT2D eigenvalue weighted by Gasteiger charge is 2.48. The van der Waals surface area contributed by atoms with Crippen molar-refractivity contribution in [3.05, 3.63) is 358 Å². The van der Waals surface area contributed by atoms with Crippen LogP contribution in [-0.2, 0) is 10.8 Å². The summed E-state index contributed by atoms with van der Waals surface area (Å²) in [6.45, 7) is 0. The molecule has 2 heterocycles. The van der Waals surface area contributed by atoms with Crippen molar-refractivity contribution < 1.29 is 0 Å². The molecule has 5 heteroatoms. The summed E-state index contributed by atoms with van der Waals surface area (Å²) in [4.78, 5) is 9.80. The summed E-state index contributed by atoms with van der Waals surface area (Å²) in [5, 5.41) is 19.8. The van der Waals surface area contributed by atoms with Gasteiger partial charge >= 0.3 is 0 Å². The Bertz CT molecular complexity index is 3810. The van der Waals surface area contributed by atoms with E-state index in [-0.39, 0.29) is 11.5 Å². The van der Waals surface area contributed by atoms with Gasteiger partial charge in [0.2, 0.25) is 0 Å². The smallest absolute Gasteiger partial charge is 0.152 e. The normalized spacial score (nSPS) is 13.9. The first-order valence-electron chi connectivity index (χ1n) is 25.8. The lowest BCUT2D eigenvalue weighted by Gasteiger charge is -2.46. The van der Waals surface area contributed by atoms with Gasteiger partial charge in [-0.15, -0.1) is 0 Å². The number of nitrogens with zero attached hydrogens (tertiary/aromatic N) is 3. The van der Waals surface area contributed by atoms with Crippen LogP contribution in [0.25, 0.3) is 0 Å². The number of amidine groups is 1. The SMILES string of the molecule is N=C(N=C(C(=N)c1cccc(N2c3ccccc3C(c3ccccc3)(c3ccccc3)c3ccccc32)c1)c1cccc(N2c3ccccc3C(c3ccccc3)(c3ccccc3)c3ccccc32)c1)c1ccccc1. The average Bonchev–Trinajstić information content (AvgIpc) is 3.50. The molecule has 11 aromatic carbocycles. The molecule has 0 aromatic heterocycles. The van der Waals surface area contributed by atoms with Gasteiger partial charge in [0.1, 0.15) is 0 Å². The minimum absolute atomic E-state index is 0.0723. The van der Waals surface area contributed by atoms with E-state index < -0.39 is 10.8 Å². The van der Waals surface area contributed by atoms with Crippen LogP contribution in [0.5, 0.6) is 0 Å². The Kier molecular flexibility index (Phi) is 11.5. The zero-order chi connectivity index (χ0) is 51.1. The first-order valence-corrected chi connectivity index (χ1v) is 25.8. The molecule has 2 aliphatic heterocycles. The predicted molar refractivity (Wildman–Crippen MR) is 313 cm³/mol. The summed E-state index contributed by atoms with van der Waals surface area (Å²) in [5.74, 6) is 0.0723. The van der Waals surface area contributed by atoms with Crippen molar-refractivity contribution in [2.75, 3.05) is 9.80 Å². The quantitative estimate of drug-likeness (QED) is 0.106. The molecule has 0 unspecified atom stereocenters. The van der Waals surface area contributed by atoms with Crippen LogP contribution in [0.2, 0.25) is 0 Å². The van der Waals surface area contributed by atoms with E-state index in [0.717, 1.165) is 61.9 Å². The van der Waals surface area contributed by atoms with Gasteiger partial charge in [-0.05, 0) is 93.0 Å². The van der Waals surface area contributed by atoms with Gasteiger partial charge in [0.05, 0.1) is 45.0 Å². The van der Waals surface area contributed by atoms with Crippen LogP contribution in [-0.4, -0.2) is 17.3 Å². The Morgan fingerprint density at radius 1 is 0.289 bits per heavy atom. The van der Waals surface area contributed by atoms with Gasteiger partial charge in [0.25, 0.3) is 0 Å². The Morgan fingerprint density at radius 3 is 0.947 bits per heavy atom. The third kappa shape index (κ3) is 7.35. The Hall–Kier alpha value is -9.97. The second-order valence-electron chi connectivity index (χ2n) is 19.4. The molecule has 0 fully saturated rings. The molecular weight excluding hydrogens is 923 g/mol. The molecule has 76 heavy (non-hydrogen) atoms. The van der Waals surface area contributed by atoms with Crippen LogP contribution >= 0.6 is 0 Å². The van der Waals surface area contributed by atoms with Crippen molar-refractivity contribution in [3.63, 3.8) is 0 Å². The Labute approximate surface area is 444 Å². The van der Waals surface area contributed by atoms with Crippen molar-refractivity contribution >= 4 is 51.4 Å². The van der Waals surface area contributed by atoms with Gasteiger partial charge in [0.15, 0.2) is 5.84 Å². The van der Waals surface area contributed by atoms with Crippen molar-refractivity contribution in [3.8, 4) is 0 Å². The van der Waals surface area contributed by atoms with Gasteiger partial charge in [-0.3, -0.25) is 10.8 Å². The summed E-state index contributed by atoms with van der Waals surface area (Å²) in [6.07, 6.45) is 0. The van der Waals surface area contributed by atoms with Crippen LogP contribution in [0.15, 0.2) is 302 Å². The summed E-state index contributed by atoms with van der Waals surface area (Å²) in [7, 11) is 0. The average molecular weight is 974 g/mol. The monoisotopic (exact) mass is 973 g/mol. The Balaban J connectivity index is 0.958.